The molecule has 4 rings (SSSR count). The molecule has 2 aromatic heterocycles. The van der Waals surface area contributed by atoms with Crippen molar-refractivity contribution in [1.29, 1.82) is 0 Å². The Balaban J connectivity index is 1.33. The van der Waals surface area contributed by atoms with Crippen molar-refractivity contribution in [3.8, 4) is 0 Å². The van der Waals surface area contributed by atoms with Gasteiger partial charge in [-0.05, 0) is 31.4 Å². The van der Waals surface area contributed by atoms with Crippen LogP contribution in [-0.2, 0) is 16.1 Å². The largest absolute Gasteiger partial charge is 0.451 e. The van der Waals surface area contributed by atoms with E-state index in [1.807, 2.05) is 41.9 Å². The highest BCUT2D eigenvalue weighted by atomic mass is 32.1. The Morgan fingerprint density at radius 3 is 2.66 bits per heavy atom. The number of esters is 1. The minimum atomic E-state index is -0.654. The van der Waals surface area contributed by atoms with Gasteiger partial charge in [0.25, 0.3) is 5.91 Å². The summed E-state index contributed by atoms with van der Waals surface area (Å²) in [4.78, 5) is 37.7. The quantitative estimate of drug-likeness (QED) is 0.552. The number of carbonyl (C=O) groups is 3. The number of urea groups is 1. The van der Waals surface area contributed by atoms with Gasteiger partial charge in [0.15, 0.2) is 6.61 Å². The van der Waals surface area contributed by atoms with Crippen molar-refractivity contribution < 1.29 is 19.1 Å². The molecule has 1 aliphatic carbocycles. The number of fused-ring (bicyclic) bond motifs is 1. The van der Waals surface area contributed by atoms with Crippen molar-refractivity contribution in [2.75, 3.05) is 6.61 Å². The smallest absolute Gasteiger partial charge is 0.348 e. The summed E-state index contributed by atoms with van der Waals surface area (Å²) in [5.74, 6) is -1.25. The minimum Gasteiger partial charge on any atom is -0.451 e. The van der Waals surface area contributed by atoms with Crippen LogP contribution in [0.25, 0.3) is 10.2 Å². The zero-order valence-corrected chi connectivity index (χ0v) is 18.7. The third-order valence-electron chi connectivity index (χ3n) is 5.51. The van der Waals surface area contributed by atoms with Crippen molar-refractivity contribution in [3.63, 3.8) is 0 Å². The summed E-state index contributed by atoms with van der Waals surface area (Å²) < 4.78 is 6.99. The Labute approximate surface area is 189 Å². The van der Waals surface area contributed by atoms with Crippen LogP contribution in [0.3, 0.4) is 0 Å². The standard InChI is InChI=1S/C23H26N4O4S/c1-15-18-12-19(32-21(18)27(26-15)13-16-8-4-2-5-9-16)22(29)31-14-20(28)25-23(30)24-17-10-6-3-7-11-17/h2,4-5,8-9,12,17H,3,6-7,10-11,13-14H2,1H3,(H2,24,25,28,30). The number of thiophene rings is 1. The van der Waals surface area contributed by atoms with E-state index in [-0.39, 0.29) is 6.04 Å². The fraction of sp³-hybridized carbons (Fsp3) is 0.391. The first-order valence-electron chi connectivity index (χ1n) is 10.8. The molecule has 32 heavy (non-hydrogen) atoms. The van der Waals surface area contributed by atoms with Crippen molar-refractivity contribution in [2.45, 2.75) is 51.6 Å². The molecule has 0 radical (unpaired) electrons. The molecule has 0 unspecified atom stereocenters. The van der Waals surface area contributed by atoms with Crippen LogP contribution in [0.15, 0.2) is 36.4 Å². The number of aromatic nitrogens is 2. The van der Waals surface area contributed by atoms with Crippen LogP contribution in [0.2, 0.25) is 0 Å². The predicted octanol–water partition coefficient (Wildman–Crippen LogP) is 3.77. The SMILES string of the molecule is Cc1nn(Cc2ccccc2)c2sc(C(=O)OCC(=O)NC(=O)NC3CCCCC3)cc12. The number of nitrogens with one attached hydrogen (secondary N) is 2. The number of amides is 3. The van der Waals surface area contributed by atoms with E-state index in [0.717, 1.165) is 47.2 Å². The molecule has 0 aliphatic heterocycles. The third kappa shape index (κ3) is 5.34. The summed E-state index contributed by atoms with van der Waals surface area (Å²) in [5, 5.41) is 10.5. The van der Waals surface area contributed by atoms with Gasteiger partial charge < -0.3 is 10.1 Å². The number of carbonyl (C=O) groups excluding carboxylic acids is 3. The summed E-state index contributed by atoms with van der Waals surface area (Å²) in [7, 11) is 0. The second-order valence-electron chi connectivity index (χ2n) is 7.99. The molecule has 8 nitrogen and oxygen atoms in total. The van der Waals surface area contributed by atoms with Gasteiger partial charge in [-0.3, -0.25) is 14.8 Å². The molecule has 0 spiro atoms. The van der Waals surface area contributed by atoms with E-state index in [4.69, 9.17) is 4.74 Å². The Morgan fingerprint density at radius 2 is 1.91 bits per heavy atom. The van der Waals surface area contributed by atoms with Crippen LogP contribution >= 0.6 is 11.3 Å². The van der Waals surface area contributed by atoms with E-state index in [0.29, 0.717) is 11.4 Å². The van der Waals surface area contributed by atoms with Crippen molar-refractivity contribution in [2.24, 2.45) is 0 Å². The number of nitrogens with zero attached hydrogens (tertiary/aromatic N) is 2. The molecule has 1 fully saturated rings. The summed E-state index contributed by atoms with van der Waals surface area (Å²) in [5.41, 5.74) is 1.93. The van der Waals surface area contributed by atoms with Gasteiger partial charge in [0.05, 0.1) is 12.2 Å². The van der Waals surface area contributed by atoms with Gasteiger partial charge in [-0.2, -0.15) is 5.10 Å². The first kappa shape index (κ1) is 22.0. The van der Waals surface area contributed by atoms with Gasteiger partial charge in [-0.15, -0.1) is 11.3 Å². The van der Waals surface area contributed by atoms with Gasteiger partial charge in [0, 0.05) is 11.4 Å². The maximum atomic E-state index is 12.5. The highest BCUT2D eigenvalue weighted by Crippen LogP contribution is 2.29. The van der Waals surface area contributed by atoms with Crippen LogP contribution in [-0.4, -0.2) is 40.3 Å². The monoisotopic (exact) mass is 454 g/mol. The molecule has 1 saturated carbocycles. The second kappa shape index (κ2) is 9.95. The van der Waals surface area contributed by atoms with E-state index in [1.165, 1.54) is 17.8 Å². The summed E-state index contributed by atoms with van der Waals surface area (Å²) >= 11 is 1.28. The van der Waals surface area contributed by atoms with E-state index < -0.39 is 24.5 Å². The van der Waals surface area contributed by atoms with Gasteiger partial charge in [0.2, 0.25) is 0 Å². The van der Waals surface area contributed by atoms with Gasteiger partial charge in [0.1, 0.15) is 9.71 Å². The van der Waals surface area contributed by atoms with Gasteiger partial charge >= 0.3 is 12.0 Å². The van der Waals surface area contributed by atoms with Crippen molar-refractivity contribution >= 4 is 39.5 Å². The fourth-order valence-electron chi connectivity index (χ4n) is 3.91. The Kier molecular flexibility index (Phi) is 6.84. The molecule has 3 amide bonds. The summed E-state index contributed by atoms with van der Waals surface area (Å²) in [6.45, 7) is 1.98. The molecule has 0 saturated heterocycles. The second-order valence-corrected chi connectivity index (χ2v) is 9.02. The molecule has 0 atom stereocenters. The van der Waals surface area contributed by atoms with E-state index in [1.54, 1.807) is 6.07 Å². The van der Waals surface area contributed by atoms with E-state index >= 15 is 0 Å². The molecule has 3 aromatic rings. The predicted molar refractivity (Wildman–Crippen MR) is 122 cm³/mol. The van der Waals surface area contributed by atoms with Crippen LogP contribution in [0.5, 0.6) is 0 Å². The number of benzene rings is 1. The highest BCUT2D eigenvalue weighted by Gasteiger charge is 2.20. The average Bonchev–Trinajstić information content (AvgIpc) is 3.35. The lowest BCUT2D eigenvalue weighted by Crippen LogP contribution is -2.46. The minimum absolute atomic E-state index is 0.0938. The maximum Gasteiger partial charge on any atom is 0.348 e. The lowest BCUT2D eigenvalue weighted by molar-refractivity contribution is -0.123. The van der Waals surface area contributed by atoms with Crippen LogP contribution in [0.1, 0.15) is 53.0 Å². The summed E-state index contributed by atoms with van der Waals surface area (Å²) in [6.07, 6.45) is 5.17. The normalized spacial score (nSPS) is 14.3. The molecule has 1 aromatic carbocycles. The molecule has 1 aliphatic rings. The number of rotatable bonds is 6. The van der Waals surface area contributed by atoms with E-state index in [9.17, 15) is 14.4 Å². The maximum absolute atomic E-state index is 12.5. The van der Waals surface area contributed by atoms with E-state index in [2.05, 4.69) is 15.7 Å². The number of aryl methyl sites for hydroxylation is 1. The Hall–Kier alpha value is -3.20. The number of ether oxygens (including phenoxy) is 1. The zero-order chi connectivity index (χ0) is 22.5. The molecule has 168 valence electrons. The fourth-order valence-corrected chi connectivity index (χ4v) is 4.96. The van der Waals surface area contributed by atoms with Gasteiger partial charge in [-0.25, -0.2) is 9.59 Å². The third-order valence-corrected chi connectivity index (χ3v) is 6.64. The van der Waals surface area contributed by atoms with Crippen molar-refractivity contribution in [3.05, 3.63) is 52.5 Å². The average molecular weight is 455 g/mol. The molecule has 0 bridgehead atoms. The first-order chi connectivity index (χ1) is 15.5. The first-order valence-corrected chi connectivity index (χ1v) is 11.6. The lowest BCUT2D eigenvalue weighted by atomic mass is 9.96. The topological polar surface area (TPSA) is 102 Å². The Morgan fingerprint density at radius 1 is 1.16 bits per heavy atom. The van der Waals surface area contributed by atoms with Crippen molar-refractivity contribution in [1.82, 2.24) is 20.4 Å². The molecular weight excluding hydrogens is 428 g/mol. The highest BCUT2D eigenvalue weighted by molar-refractivity contribution is 7.20. The number of hydrogen-bond donors (Lipinski definition) is 2. The van der Waals surface area contributed by atoms with Crippen LogP contribution in [0.4, 0.5) is 4.79 Å². The van der Waals surface area contributed by atoms with Crippen LogP contribution in [0, 0.1) is 6.92 Å². The Bertz CT molecular complexity index is 1120. The number of hydrogen-bond acceptors (Lipinski definition) is 6. The molecule has 2 heterocycles. The number of imide groups is 1. The molecule has 9 heteroatoms. The summed E-state index contributed by atoms with van der Waals surface area (Å²) in [6, 6.07) is 11.2. The lowest BCUT2D eigenvalue weighted by Gasteiger charge is -2.22. The molecular formula is C23H26N4O4S. The molecule has 2 N–H and O–H groups in total. The van der Waals surface area contributed by atoms with Crippen LogP contribution < -0.4 is 10.6 Å². The zero-order valence-electron chi connectivity index (χ0n) is 17.9. The van der Waals surface area contributed by atoms with Gasteiger partial charge in [-0.1, -0.05) is 49.6 Å².